The SMILES string of the molecule is Cc1ccccc1-c1ccc(-c2nc(-c3cnc(CCCC(=O)OC(C)(C)C)c(Cl)c3)no2)cc1C. The lowest BCUT2D eigenvalue weighted by Crippen LogP contribution is -2.23. The van der Waals surface area contributed by atoms with Crippen LogP contribution in [-0.4, -0.2) is 26.7 Å². The summed E-state index contributed by atoms with van der Waals surface area (Å²) in [6.07, 6.45) is 3.16. The van der Waals surface area contributed by atoms with Gasteiger partial charge in [0.05, 0.1) is 10.7 Å². The van der Waals surface area contributed by atoms with E-state index < -0.39 is 5.60 Å². The van der Waals surface area contributed by atoms with E-state index in [0.29, 0.717) is 41.6 Å². The summed E-state index contributed by atoms with van der Waals surface area (Å²) >= 11 is 6.47. The number of benzene rings is 2. The maximum absolute atomic E-state index is 11.9. The number of halogens is 1. The lowest BCUT2D eigenvalue weighted by Gasteiger charge is -2.19. The smallest absolute Gasteiger partial charge is 0.306 e. The molecule has 0 aliphatic heterocycles. The average molecular weight is 504 g/mol. The molecule has 4 aromatic rings. The van der Waals surface area contributed by atoms with E-state index in [0.717, 1.165) is 16.8 Å². The first-order valence-electron chi connectivity index (χ1n) is 12.0. The highest BCUT2D eigenvalue weighted by Crippen LogP contribution is 2.31. The zero-order valence-electron chi connectivity index (χ0n) is 21.3. The molecule has 0 spiro atoms. The monoisotopic (exact) mass is 503 g/mol. The van der Waals surface area contributed by atoms with E-state index in [1.54, 1.807) is 12.3 Å². The van der Waals surface area contributed by atoms with E-state index in [9.17, 15) is 4.79 Å². The van der Waals surface area contributed by atoms with Crippen LogP contribution in [0.3, 0.4) is 0 Å². The summed E-state index contributed by atoms with van der Waals surface area (Å²) in [7, 11) is 0. The minimum atomic E-state index is -0.486. The molecule has 0 amide bonds. The molecule has 0 unspecified atom stereocenters. The molecule has 0 N–H and O–H groups in total. The van der Waals surface area contributed by atoms with Crippen LogP contribution in [0.1, 0.15) is 50.4 Å². The van der Waals surface area contributed by atoms with Crippen molar-refractivity contribution in [1.82, 2.24) is 15.1 Å². The number of pyridine rings is 1. The number of ether oxygens (including phenoxy) is 1. The first-order chi connectivity index (χ1) is 17.1. The number of hydrogen-bond acceptors (Lipinski definition) is 6. The van der Waals surface area contributed by atoms with E-state index in [-0.39, 0.29) is 5.97 Å². The fraction of sp³-hybridized carbons (Fsp3) is 0.310. The summed E-state index contributed by atoms with van der Waals surface area (Å²) in [4.78, 5) is 21.0. The fourth-order valence-corrected chi connectivity index (χ4v) is 4.26. The van der Waals surface area contributed by atoms with Gasteiger partial charge in [-0.05, 0) is 87.9 Å². The van der Waals surface area contributed by atoms with Gasteiger partial charge in [-0.3, -0.25) is 9.78 Å². The third-order valence-corrected chi connectivity index (χ3v) is 6.05. The van der Waals surface area contributed by atoms with E-state index in [2.05, 4.69) is 53.2 Å². The second-order valence-corrected chi connectivity index (χ2v) is 10.3. The Bertz CT molecular complexity index is 1390. The number of nitrogens with zero attached hydrogens (tertiary/aromatic N) is 3. The molecule has 6 nitrogen and oxygen atoms in total. The molecule has 7 heteroatoms. The van der Waals surface area contributed by atoms with Gasteiger partial charge >= 0.3 is 5.97 Å². The molecular weight excluding hydrogens is 474 g/mol. The third kappa shape index (κ3) is 6.18. The Morgan fingerprint density at radius 2 is 1.75 bits per heavy atom. The summed E-state index contributed by atoms with van der Waals surface area (Å²) in [5, 5.41) is 4.63. The lowest BCUT2D eigenvalue weighted by molar-refractivity contribution is -0.154. The second-order valence-electron chi connectivity index (χ2n) is 9.86. The molecule has 0 saturated carbocycles. The van der Waals surface area contributed by atoms with Crippen LogP contribution in [0, 0.1) is 13.8 Å². The van der Waals surface area contributed by atoms with Crippen LogP contribution in [0.4, 0.5) is 0 Å². The van der Waals surface area contributed by atoms with Crippen molar-refractivity contribution in [2.45, 2.75) is 59.5 Å². The average Bonchev–Trinajstić information content (AvgIpc) is 3.30. The van der Waals surface area contributed by atoms with Crippen molar-refractivity contribution in [3.8, 4) is 34.0 Å². The predicted octanol–water partition coefficient (Wildman–Crippen LogP) is 7.40. The highest BCUT2D eigenvalue weighted by molar-refractivity contribution is 6.31. The van der Waals surface area contributed by atoms with Crippen molar-refractivity contribution in [2.24, 2.45) is 0 Å². The Morgan fingerprint density at radius 1 is 1.00 bits per heavy atom. The molecule has 0 fully saturated rings. The van der Waals surface area contributed by atoms with Crippen molar-refractivity contribution in [3.63, 3.8) is 0 Å². The van der Waals surface area contributed by atoms with Crippen molar-refractivity contribution in [2.75, 3.05) is 0 Å². The molecular formula is C29H30ClN3O3. The van der Waals surface area contributed by atoms with Gasteiger partial charge in [0.15, 0.2) is 0 Å². The number of rotatable bonds is 7. The van der Waals surface area contributed by atoms with Gasteiger partial charge in [-0.25, -0.2) is 0 Å². The van der Waals surface area contributed by atoms with E-state index in [1.807, 2.05) is 39.0 Å². The minimum absolute atomic E-state index is 0.225. The molecule has 2 heterocycles. The Morgan fingerprint density at radius 3 is 2.44 bits per heavy atom. The number of hydrogen-bond donors (Lipinski definition) is 0. The van der Waals surface area contributed by atoms with Crippen molar-refractivity contribution >= 4 is 17.6 Å². The van der Waals surface area contributed by atoms with Gasteiger partial charge in [-0.15, -0.1) is 0 Å². The van der Waals surface area contributed by atoms with E-state index in [1.165, 1.54) is 16.7 Å². The molecule has 2 aromatic heterocycles. The summed E-state index contributed by atoms with van der Waals surface area (Å²) in [5.74, 6) is 0.624. The first kappa shape index (κ1) is 25.6. The van der Waals surface area contributed by atoms with Crippen LogP contribution in [0.5, 0.6) is 0 Å². The van der Waals surface area contributed by atoms with Crippen LogP contribution in [0.25, 0.3) is 34.0 Å². The summed E-state index contributed by atoms with van der Waals surface area (Å²) in [6.45, 7) is 9.75. The second kappa shape index (κ2) is 10.6. The fourth-order valence-electron chi connectivity index (χ4n) is 4.00. The molecule has 0 radical (unpaired) electrons. The zero-order chi connectivity index (χ0) is 25.9. The largest absolute Gasteiger partial charge is 0.460 e. The number of carbonyl (C=O) groups excluding carboxylic acids is 1. The number of aryl methyl sites for hydroxylation is 3. The molecule has 0 saturated heterocycles. The van der Waals surface area contributed by atoms with Gasteiger partial charge in [0, 0.05) is 23.7 Å². The van der Waals surface area contributed by atoms with Crippen LogP contribution in [0.2, 0.25) is 5.02 Å². The minimum Gasteiger partial charge on any atom is -0.460 e. The standard InChI is InChI=1S/C29H30ClN3O3/c1-18-9-6-7-10-22(18)23-14-13-20(15-19(23)2)28-32-27(33-36-28)21-16-24(30)25(31-17-21)11-8-12-26(34)35-29(3,4)5/h6-7,9-10,13-17H,8,11-12H2,1-5H3. The highest BCUT2D eigenvalue weighted by atomic mass is 35.5. The first-order valence-corrected chi connectivity index (χ1v) is 12.4. The van der Waals surface area contributed by atoms with E-state index >= 15 is 0 Å². The molecule has 0 atom stereocenters. The van der Waals surface area contributed by atoms with E-state index in [4.69, 9.17) is 20.9 Å². The molecule has 4 rings (SSSR count). The lowest BCUT2D eigenvalue weighted by atomic mass is 9.95. The number of esters is 1. The molecule has 2 aromatic carbocycles. The van der Waals surface area contributed by atoms with Crippen LogP contribution in [-0.2, 0) is 16.0 Å². The number of carbonyl (C=O) groups is 1. The van der Waals surface area contributed by atoms with Gasteiger partial charge in [-0.1, -0.05) is 47.1 Å². The zero-order valence-corrected chi connectivity index (χ0v) is 22.0. The summed E-state index contributed by atoms with van der Waals surface area (Å²) < 4.78 is 10.9. The quantitative estimate of drug-likeness (QED) is 0.244. The van der Waals surface area contributed by atoms with Crippen LogP contribution >= 0.6 is 11.6 Å². The van der Waals surface area contributed by atoms with Crippen LogP contribution < -0.4 is 0 Å². The molecule has 36 heavy (non-hydrogen) atoms. The topological polar surface area (TPSA) is 78.1 Å². The summed E-state index contributed by atoms with van der Waals surface area (Å²) in [6, 6.07) is 16.2. The normalized spacial score (nSPS) is 11.5. The molecule has 0 aliphatic carbocycles. The molecule has 0 bridgehead atoms. The Labute approximate surface area is 216 Å². The maximum Gasteiger partial charge on any atom is 0.306 e. The van der Waals surface area contributed by atoms with Gasteiger partial charge in [-0.2, -0.15) is 4.98 Å². The summed E-state index contributed by atoms with van der Waals surface area (Å²) in [5.41, 5.74) is 6.48. The van der Waals surface area contributed by atoms with Crippen molar-refractivity contribution in [1.29, 1.82) is 0 Å². The maximum atomic E-state index is 11.9. The predicted molar refractivity (Wildman–Crippen MR) is 142 cm³/mol. The van der Waals surface area contributed by atoms with Gasteiger partial charge in [0.2, 0.25) is 5.82 Å². The molecule has 0 aliphatic rings. The van der Waals surface area contributed by atoms with Crippen molar-refractivity contribution in [3.05, 3.63) is 76.6 Å². The van der Waals surface area contributed by atoms with Gasteiger partial charge in [0.25, 0.3) is 5.89 Å². The van der Waals surface area contributed by atoms with Crippen molar-refractivity contribution < 1.29 is 14.1 Å². The Balaban J connectivity index is 1.45. The van der Waals surface area contributed by atoms with Gasteiger partial charge in [0.1, 0.15) is 5.60 Å². The highest BCUT2D eigenvalue weighted by Gasteiger charge is 2.17. The number of aromatic nitrogens is 3. The van der Waals surface area contributed by atoms with Crippen LogP contribution in [0.15, 0.2) is 59.3 Å². The Hall–Kier alpha value is -3.51. The Kier molecular flexibility index (Phi) is 7.55. The third-order valence-electron chi connectivity index (χ3n) is 5.72. The van der Waals surface area contributed by atoms with Gasteiger partial charge < -0.3 is 9.26 Å². The molecule has 186 valence electrons.